The fraction of sp³-hybridized carbons (Fsp3) is 0.533. The Kier molecular flexibility index (Phi) is 5.86. The van der Waals surface area contributed by atoms with Crippen molar-refractivity contribution in [3.63, 3.8) is 0 Å². The van der Waals surface area contributed by atoms with Crippen LogP contribution in [-0.4, -0.2) is 42.2 Å². The van der Waals surface area contributed by atoms with E-state index in [-0.39, 0.29) is 12.5 Å². The molecule has 20 heavy (non-hydrogen) atoms. The van der Waals surface area contributed by atoms with Crippen LogP contribution in [-0.2, 0) is 4.79 Å². The number of hydrogen-bond acceptors (Lipinski definition) is 3. The van der Waals surface area contributed by atoms with Gasteiger partial charge in [0.1, 0.15) is 5.75 Å². The molecule has 1 aromatic carbocycles. The van der Waals surface area contributed by atoms with Crippen molar-refractivity contribution in [3.05, 3.63) is 28.7 Å². The molecule has 1 heterocycles. The molecule has 1 fully saturated rings. The molecule has 5 heteroatoms. The molecule has 0 unspecified atom stereocenters. The molecule has 1 aliphatic heterocycles. The normalized spacial score (nSPS) is 16.2. The summed E-state index contributed by atoms with van der Waals surface area (Å²) in [5, 5.41) is 9.08. The largest absolute Gasteiger partial charge is 0.493 e. The average molecular weight is 342 g/mol. The number of halogens is 1. The van der Waals surface area contributed by atoms with Gasteiger partial charge in [-0.3, -0.25) is 4.79 Å². The van der Waals surface area contributed by atoms with Crippen LogP contribution >= 0.6 is 15.9 Å². The molecule has 0 aromatic heterocycles. The van der Waals surface area contributed by atoms with Crippen LogP contribution in [0.3, 0.4) is 0 Å². The van der Waals surface area contributed by atoms with Crippen molar-refractivity contribution in [1.29, 1.82) is 0 Å². The Balaban J connectivity index is 1.69. The summed E-state index contributed by atoms with van der Waals surface area (Å²) >= 11 is 3.37. The number of benzene rings is 1. The van der Waals surface area contributed by atoms with Crippen LogP contribution < -0.4 is 4.74 Å². The van der Waals surface area contributed by atoms with Gasteiger partial charge in [-0.2, -0.15) is 0 Å². The maximum atomic E-state index is 12.0. The fourth-order valence-electron chi connectivity index (χ4n) is 2.31. The van der Waals surface area contributed by atoms with Gasteiger partial charge in [0.05, 0.1) is 13.0 Å². The Morgan fingerprint density at radius 3 is 2.55 bits per heavy atom. The van der Waals surface area contributed by atoms with E-state index in [0.717, 1.165) is 36.2 Å². The Labute approximate surface area is 127 Å². The van der Waals surface area contributed by atoms with Gasteiger partial charge < -0.3 is 14.7 Å². The Morgan fingerprint density at radius 2 is 1.95 bits per heavy atom. The van der Waals surface area contributed by atoms with Crippen molar-refractivity contribution in [3.8, 4) is 5.75 Å². The zero-order valence-electron chi connectivity index (χ0n) is 11.4. The van der Waals surface area contributed by atoms with Gasteiger partial charge in [0, 0.05) is 24.2 Å². The first kappa shape index (κ1) is 15.3. The molecule has 0 atom stereocenters. The number of ether oxygens (including phenoxy) is 1. The lowest BCUT2D eigenvalue weighted by Crippen LogP contribution is -2.39. The number of rotatable bonds is 5. The van der Waals surface area contributed by atoms with E-state index in [9.17, 15) is 4.79 Å². The first-order valence-electron chi connectivity index (χ1n) is 6.96. The zero-order valence-corrected chi connectivity index (χ0v) is 13.0. The molecule has 1 amide bonds. The molecule has 0 radical (unpaired) electrons. The fourth-order valence-corrected chi connectivity index (χ4v) is 2.57. The number of piperidine rings is 1. The van der Waals surface area contributed by atoms with Crippen molar-refractivity contribution in [2.24, 2.45) is 5.92 Å². The third kappa shape index (κ3) is 4.49. The minimum atomic E-state index is 0.138. The molecule has 1 saturated heterocycles. The van der Waals surface area contributed by atoms with E-state index in [2.05, 4.69) is 15.9 Å². The summed E-state index contributed by atoms with van der Waals surface area (Å²) in [4.78, 5) is 13.9. The van der Waals surface area contributed by atoms with Gasteiger partial charge in [0.25, 0.3) is 0 Å². The predicted octanol–water partition coefficient (Wildman–Crippen LogP) is 2.45. The van der Waals surface area contributed by atoms with Crippen molar-refractivity contribution < 1.29 is 14.6 Å². The predicted molar refractivity (Wildman–Crippen MR) is 80.6 cm³/mol. The lowest BCUT2D eigenvalue weighted by atomic mass is 9.98. The van der Waals surface area contributed by atoms with E-state index in [4.69, 9.17) is 9.84 Å². The number of carbonyl (C=O) groups excluding carboxylic acids is 1. The first-order chi connectivity index (χ1) is 9.69. The average Bonchev–Trinajstić information content (AvgIpc) is 2.49. The smallest absolute Gasteiger partial charge is 0.225 e. The molecule has 0 bridgehead atoms. The van der Waals surface area contributed by atoms with Crippen LogP contribution in [0.15, 0.2) is 28.7 Å². The molecular formula is C15H20BrNO3. The summed E-state index contributed by atoms with van der Waals surface area (Å²) in [5.41, 5.74) is 0. The topological polar surface area (TPSA) is 49.8 Å². The molecule has 1 aliphatic rings. The van der Waals surface area contributed by atoms with Crippen LogP contribution in [0.1, 0.15) is 19.3 Å². The first-order valence-corrected chi connectivity index (χ1v) is 7.75. The molecule has 0 spiro atoms. The van der Waals surface area contributed by atoms with E-state index in [1.807, 2.05) is 29.2 Å². The summed E-state index contributed by atoms with van der Waals surface area (Å²) in [6, 6.07) is 7.58. The second-order valence-electron chi connectivity index (χ2n) is 5.06. The molecule has 110 valence electrons. The summed E-state index contributed by atoms with van der Waals surface area (Å²) in [6.45, 7) is 2.14. The van der Waals surface area contributed by atoms with Crippen molar-refractivity contribution >= 4 is 21.8 Å². The maximum absolute atomic E-state index is 12.0. The minimum absolute atomic E-state index is 0.138. The second-order valence-corrected chi connectivity index (χ2v) is 5.97. The highest BCUT2D eigenvalue weighted by Crippen LogP contribution is 2.18. The number of hydrogen-bond donors (Lipinski definition) is 1. The van der Waals surface area contributed by atoms with Gasteiger partial charge in [-0.05, 0) is 43.0 Å². The molecule has 0 saturated carbocycles. The summed E-state index contributed by atoms with van der Waals surface area (Å²) < 4.78 is 6.56. The van der Waals surface area contributed by atoms with Crippen LogP contribution in [0.25, 0.3) is 0 Å². The highest BCUT2D eigenvalue weighted by atomic mass is 79.9. The van der Waals surface area contributed by atoms with Crippen molar-refractivity contribution in [2.45, 2.75) is 19.3 Å². The van der Waals surface area contributed by atoms with Crippen LogP contribution in [0, 0.1) is 5.92 Å². The third-order valence-corrected chi connectivity index (χ3v) is 4.15. The van der Waals surface area contributed by atoms with Crippen LogP contribution in [0.4, 0.5) is 0 Å². The molecule has 1 N–H and O–H groups in total. The lowest BCUT2D eigenvalue weighted by molar-refractivity contribution is -0.133. The van der Waals surface area contributed by atoms with Crippen molar-refractivity contribution in [1.82, 2.24) is 4.90 Å². The van der Waals surface area contributed by atoms with Crippen LogP contribution in [0.2, 0.25) is 0 Å². The Bertz CT molecular complexity index is 427. The third-order valence-electron chi connectivity index (χ3n) is 3.62. The van der Waals surface area contributed by atoms with Gasteiger partial charge in [-0.25, -0.2) is 0 Å². The van der Waals surface area contributed by atoms with Gasteiger partial charge in [-0.1, -0.05) is 15.9 Å². The number of amides is 1. The monoisotopic (exact) mass is 341 g/mol. The van der Waals surface area contributed by atoms with Gasteiger partial charge in [0.15, 0.2) is 0 Å². The molecule has 2 rings (SSSR count). The molecular weight excluding hydrogens is 322 g/mol. The Morgan fingerprint density at radius 1 is 1.30 bits per heavy atom. The zero-order chi connectivity index (χ0) is 14.4. The van der Waals surface area contributed by atoms with E-state index in [0.29, 0.717) is 18.9 Å². The quantitative estimate of drug-likeness (QED) is 0.894. The highest BCUT2D eigenvalue weighted by molar-refractivity contribution is 9.10. The molecule has 1 aromatic rings. The SMILES string of the molecule is O=C(CCOc1ccc(Br)cc1)N1CCC(CO)CC1. The lowest BCUT2D eigenvalue weighted by Gasteiger charge is -2.31. The Hall–Kier alpha value is -1.07. The summed E-state index contributed by atoms with van der Waals surface area (Å²) in [5.74, 6) is 1.27. The molecule has 4 nitrogen and oxygen atoms in total. The number of aliphatic hydroxyl groups is 1. The summed E-state index contributed by atoms with van der Waals surface area (Å²) in [6.07, 6.45) is 2.20. The number of aliphatic hydroxyl groups excluding tert-OH is 1. The minimum Gasteiger partial charge on any atom is -0.493 e. The highest BCUT2D eigenvalue weighted by Gasteiger charge is 2.21. The maximum Gasteiger partial charge on any atom is 0.225 e. The van der Waals surface area contributed by atoms with Gasteiger partial charge in [0.2, 0.25) is 5.91 Å². The van der Waals surface area contributed by atoms with Gasteiger partial charge in [-0.15, -0.1) is 0 Å². The summed E-state index contributed by atoms with van der Waals surface area (Å²) in [7, 11) is 0. The van der Waals surface area contributed by atoms with Gasteiger partial charge >= 0.3 is 0 Å². The standard InChI is InChI=1S/C15H20BrNO3/c16-13-1-3-14(4-2-13)20-10-7-15(19)17-8-5-12(11-18)6-9-17/h1-4,12,18H,5-11H2. The molecule has 0 aliphatic carbocycles. The second kappa shape index (κ2) is 7.64. The van der Waals surface area contributed by atoms with E-state index in [1.54, 1.807) is 0 Å². The van der Waals surface area contributed by atoms with E-state index in [1.165, 1.54) is 0 Å². The van der Waals surface area contributed by atoms with Crippen LogP contribution in [0.5, 0.6) is 5.75 Å². The number of likely N-dealkylation sites (tertiary alicyclic amines) is 1. The number of nitrogens with zero attached hydrogens (tertiary/aromatic N) is 1. The number of carbonyl (C=O) groups is 1. The van der Waals surface area contributed by atoms with E-state index < -0.39 is 0 Å². The van der Waals surface area contributed by atoms with Crippen molar-refractivity contribution in [2.75, 3.05) is 26.3 Å². The van der Waals surface area contributed by atoms with E-state index >= 15 is 0 Å².